The van der Waals surface area contributed by atoms with E-state index in [0.29, 0.717) is 11.6 Å². The van der Waals surface area contributed by atoms with E-state index >= 15 is 0 Å². The molecule has 1 aromatic carbocycles. The van der Waals surface area contributed by atoms with E-state index in [1.165, 1.54) is 24.3 Å². The summed E-state index contributed by atoms with van der Waals surface area (Å²) in [5.74, 6) is -0.140. The summed E-state index contributed by atoms with van der Waals surface area (Å²) in [5, 5.41) is 19.0. The lowest BCUT2D eigenvalue weighted by atomic mass is 9.84. The lowest BCUT2D eigenvalue weighted by molar-refractivity contribution is -0.258. The SMILES string of the molecule is CC(O)(c1ccc(C(=O)N(C2CC2)C2CCN(C3CCC(P)(C#N)CC3)CC2)cc1)C(F)(F)F. The third-order valence-corrected chi connectivity index (χ3v) is 8.61. The van der Waals surface area contributed by atoms with Gasteiger partial charge in [0.05, 0.1) is 11.2 Å². The number of carbonyl (C=O) groups excluding carboxylic acids is 1. The van der Waals surface area contributed by atoms with Crippen LogP contribution in [0.3, 0.4) is 0 Å². The minimum atomic E-state index is -4.79. The fourth-order valence-corrected chi connectivity index (χ4v) is 5.69. The number of nitriles is 1. The molecule has 3 aliphatic rings. The largest absolute Gasteiger partial charge is 0.421 e. The summed E-state index contributed by atoms with van der Waals surface area (Å²) in [5.41, 5.74) is -2.88. The van der Waals surface area contributed by atoms with Crippen molar-refractivity contribution in [3.63, 3.8) is 0 Å². The van der Waals surface area contributed by atoms with Gasteiger partial charge in [0, 0.05) is 36.8 Å². The van der Waals surface area contributed by atoms with Crippen LogP contribution in [0, 0.1) is 11.3 Å². The maximum atomic E-state index is 13.4. The van der Waals surface area contributed by atoms with E-state index in [2.05, 4.69) is 20.2 Å². The highest BCUT2D eigenvalue weighted by Crippen LogP contribution is 2.40. The maximum absolute atomic E-state index is 13.4. The second-order valence-electron chi connectivity index (χ2n) is 10.4. The van der Waals surface area contributed by atoms with Gasteiger partial charge < -0.3 is 14.9 Å². The summed E-state index contributed by atoms with van der Waals surface area (Å²) >= 11 is 0. The van der Waals surface area contributed by atoms with Crippen LogP contribution in [0.4, 0.5) is 13.2 Å². The van der Waals surface area contributed by atoms with Crippen LogP contribution in [0.1, 0.15) is 74.2 Å². The van der Waals surface area contributed by atoms with Gasteiger partial charge in [0.1, 0.15) is 0 Å². The lowest BCUT2D eigenvalue weighted by Crippen LogP contribution is -2.51. The molecule has 1 amide bonds. The second kappa shape index (κ2) is 9.41. The summed E-state index contributed by atoms with van der Waals surface area (Å²) < 4.78 is 39.4. The van der Waals surface area contributed by atoms with Crippen LogP contribution in [0.2, 0.25) is 0 Å². The molecule has 0 bridgehead atoms. The van der Waals surface area contributed by atoms with Crippen molar-refractivity contribution < 1.29 is 23.1 Å². The van der Waals surface area contributed by atoms with Crippen molar-refractivity contribution in [2.24, 2.45) is 0 Å². The molecule has 0 radical (unpaired) electrons. The van der Waals surface area contributed by atoms with E-state index < -0.39 is 11.8 Å². The lowest BCUT2D eigenvalue weighted by Gasteiger charge is -2.44. The van der Waals surface area contributed by atoms with E-state index in [1.807, 2.05) is 4.90 Å². The number of halogens is 3. The van der Waals surface area contributed by atoms with E-state index in [9.17, 15) is 28.3 Å². The van der Waals surface area contributed by atoms with Crippen molar-refractivity contribution in [3.05, 3.63) is 35.4 Å². The molecule has 0 aromatic heterocycles. The summed E-state index contributed by atoms with van der Waals surface area (Å²) in [6.45, 7) is 2.55. The fourth-order valence-electron chi connectivity index (χ4n) is 5.36. The molecule has 2 aliphatic carbocycles. The van der Waals surface area contributed by atoms with Crippen molar-refractivity contribution in [1.82, 2.24) is 9.80 Å². The maximum Gasteiger partial charge on any atom is 0.421 e. The van der Waals surface area contributed by atoms with Crippen molar-refractivity contribution >= 4 is 15.1 Å². The first-order chi connectivity index (χ1) is 15.9. The minimum Gasteiger partial charge on any atom is -0.376 e. The predicted molar refractivity (Wildman–Crippen MR) is 126 cm³/mol. The van der Waals surface area contributed by atoms with Crippen LogP contribution < -0.4 is 0 Å². The molecule has 2 unspecified atom stereocenters. The van der Waals surface area contributed by atoms with Crippen molar-refractivity contribution in [2.75, 3.05) is 13.1 Å². The Hall–Kier alpha value is -1.68. The Labute approximate surface area is 201 Å². The highest BCUT2D eigenvalue weighted by Gasteiger charge is 2.51. The molecule has 9 heteroatoms. The molecule has 1 saturated heterocycles. The monoisotopic (exact) mass is 495 g/mol. The molecule has 1 N–H and O–H groups in total. The first kappa shape index (κ1) is 25.4. The quantitative estimate of drug-likeness (QED) is 0.606. The molecular formula is C25H33F3N3O2P. The van der Waals surface area contributed by atoms with E-state index in [4.69, 9.17) is 0 Å². The smallest absolute Gasteiger partial charge is 0.376 e. The zero-order chi connectivity index (χ0) is 24.7. The molecule has 5 nitrogen and oxygen atoms in total. The van der Waals surface area contributed by atoms with Crippen LogP contribution in [0.5, 0.6) is 0 Å². The molecule has 2 saturated carbocycles. The summed E-state index contributed by atoms with van der Waals surface area (Å²) in [4.78, 5) is 17.8. The number of benzene rings is 1. The van der Waals surface area contributed by atoms with Gasteiger partial charge in [-0.3, -0.25) is 4.79 Å². The van der Waals surface area contributed by atoms with Crippen LogP contribution in [-0.2, 0) is 5.60 Å². The molecule has 1 aromatic rings. The van der Waals surface area contributed by atoms with Crippen LogP contribution in [0.15, 0.2) is 24.3 Å². The van der Waals surface area contributed by atoms with Crippen LogP contribution in [0.25, 0.3) is 0 Å². The molecule has 4 rings (SSSR count). The van der Waals surface area contributed by atoms with Crippen molar-refractivity contribution in [1.29, 1.82) is 5.26 Å². The normalized spacial score (nSPS) is 28.7. The van der Waals surface area contributed by atoms with Gasteiger partial charge in [0.15, 0.2) is 5.60 Å². The van der Waals surface area contributed by atoms with Crippen molar-refractivity contribution in [2.45, 2.75) is 93.3 Å². The Morgan fingerprint density at radius 3 is 2.09 bits per heavy atom. The Balaban J connectivity index is 1.39. The Bertz CT molecular complexity index is 924. The Morgan fingerprint density at radius 2 is 1.62 bits per heavy atom. The molecule has 3 fully saturated rings. The number of aliphatic hydroxyl groups is 1. The van der Waals surface area contributed by atoms with E-state index in [1.54, 1.807) is 0 Å². The number of amides is 1. The van der Waals surface area contributed by atoms with Gasteiger partial charge in [0.25, 0.3) is 5.91 Å². The van der Waals surface area contributed by atoms with E-state index in [0.717, 1.165) is 71.4 Å². The highest BCUT2D eigenvalue weighted by molar-refractivity contribution is 7.19. The molecule has 1 aliphatic heterocycles. The first-order valence-corrected chi connectivity index (χ1v) is 12.7. The Kier molecular flexibility index (Phi) is 7.03. The van der Waals surface area contributed by atoms with Crippen LogP contribution in [-0.4, -0.2) is 63.4 Å². The van der Waals surface area contributed by atoms with Gasteiger partial charge in [-0.25, -0.2) is 0 Å². The minimum absolute atomic E-state index is 0.123. The summed E-state index contributed by atoms with van der Waals surface area (Å²) in [6, 6.07) is 8.43. The van der Waals surface area contributed by atoms with Gasteiger partial charge in [-0.1, -0.05) is 12.1 Å². The summed E-state index contributed by atoms with van der Waals surface area (Å²) in [6.07, 6.45) is 2.69. The van der Waals surface area contributed by atoms with Gasteiger partial charge in [0.2, 0.25) is 0 Å². The molecule has 0 spiro atoms. The van der Waals surface area contributed by atoms with Gasteiger partial charge in [-0.15, -0.1) is 9.24 Å². The molecule has 1 heterocycles. The highest BCUT2D eigenvalue weighted by atomic mass is 31.0. The second-order valence-corrected chi connectivity index (χ2v) is 11.5. The standard InChI is InChI=1S/C25H33F3N3O2P/c1-23(33,25(26,27)28)18-4-2-17(3-5-18)22(32)31(20-6-7-20)21-10-14-30(15-11-21)19-8-12-24(34,16-29)13-9-19/h2-5,19-21,33H,6-15,34H2,1H3. The molecule has 186 valence electrons. The van der Waals surface area contributed by atoms with E-state index in [-0.39, 0.29) is 28.7 Å². The number of nitrogens with zero attached hydrogens (tertiary/aromatic N) is 3. The predicted octanol–water partition coefficient (Wildman–Crippen LogP) is 4.61. The fraction of sp³-hybridized carbons (Fsp3) is 0.680. The molecule has 34 heavy (non-hydrogen) atoms. The summed E-state index contributed by atoms with van der Waals surface area (Å²) in [7, 11) is 2.72. The number of piperidine rings is 1. The number of likely N-dealkylation sites (tertiary alicyclic amines) is 1. The number of alkyl halides is 3. The van der Waals surface area contributed by atoms with Crippen LogP contribution >= 0.6 is 9.24 Å². The molecule has 2 atom stereocenters. The van der Waals surface area contributed by atoms with Gasteiger partial charge in [-0.05, 0) is 76.0 Å². The zero-order valence-electron chi connectivity index (χ0n) is 19.5. The zero-order valence-corrected chi connectivity index (χ0v) is 20.7. The van der Waals surface area contributed by atoms with Crippen molar-refractivity contribution in [3.8, 4) is 6.07 Å². The number of rotatable bonds is 5. The first-order valence-electron chi connectivity index (χ1n) is 12.1. The van der Waals surface area contributed by atoms with Gasteiger partial charge >= 0.3 is 6.18 Å². The average molecular weight is 496 g/mol. The number of hydrogen-bond acceptors (Lipinski definition) is 4. The molecular weight excluding hydrogens is 462 g/mol. The van der Waals surface area contributed by atoms with Gasteiger partial charge in [-0.2, -0.15) is 18.4 Å². The Morgan fingerprint density at radius 1 is 1.09 bits per heavy atom. The average Bonchev–Trinajstić information content (AvgIpc) is 3.65. The third kappa shape index (κ3) is 5.12. The third-order valence-electron chi connectivity index (χ3n) is 7.90. The topological polar surface area (TPSA) is 67.6 Å². The number of hydrogen-bond donors (Lipinski definition) is 1. The number of carbonyl (C=O) groups is 1.